The molecule has 0 fully saturated rings. The van der Waals surface area contributed by atoms with Crippen LogP contribution in [0, 0.1) is 13.8 Å². The standard InChI is InChI=1S/C20H20N4O3/c1-13-9-14(2)24(23-13)12-15-3-5-16(6-4-15)20(27)22-21-11-17-7-8-18(25)10-19(17)26/h3-11,25-26H,12H2,1-2H3,(H,22,27)/b21-11-. The molecule has 0 spiro atoms. The van der Waals surface area contributed by atoms with Crippen molar-refractivity contribution < 1.29 is 15.0 Å². The van der Waals surface area contributed by atoms with Crippen LogP contribution in [0.1, 0.15) is 32.9 Å². The molecule has 3 aromatic rings. The average Bonchev–Trinajstić information content (AvgIpc) is 2.94. The molecule has 0 aliphatic rings. The van der Waals surface area contributed by atoms with Gasteiger partial charge in [-0.15, -0.1) is 0 Å². The average molecular weight is 364 g/mol. The van der Waals surface area contributed by atoms with E-state index < -0.39 is 0 Å². The summed E-state index contributed by atoms with van der Waals surface area (Å²) in [6.07, 6.45) is 1.31. The van der Waals surface area contributed by atoms with Gasteiger partial charge in [-0.3, -0.25) is 9.48 Å². The molecule has 0 saturated carbocycles. The van der Waals surface area contributed by atoms with E-state index in [9.17, 15) is 15.0 Å². The zero-order valence-corrected chi connectivity index (χ0v) is 15.0. The minimum Gasteiger partial charge on any atom is -0.508 e. The molecule has 7 nitrogen and oxygen atoms in total. The van der Waals surface area contributed by atoms with E-state index in [-0.39, 0.29) is 17.4 Å². The molecule has 0 aliphatic heterocycles. The monoisotopic (exact) mass is 364 g/mol. The molecule has 7 heteroatoms. The Morgan fingerprint density at radius 3 is 2.52 bits per heavy atom. The first-order chi connectivity index (χ1) is 12.9. The Morgan fingerprint density at radius 1 is 1.15 bits per heavy atom. The second-order valence-corrected chi connectivity index (χ2v) is 6.22. The minimum atomic E-state index is -0.359. The van der Waals surface area contributed by atoms with E-state index in [1.54, 1.807) is 12.1 Å². The molecule has 138 valence electrons. The molecule has 0 unspecified atom stereocenters. The lowest BCUT2D eigenvalue weighted by Gasteiger charge is -2.06. The molecule has 0 saturated heterocycles. The fraction of sp³-hybridized carbons (Fsp3) is 0.150. The van der Waals surface area contributed by atoms with Gasteiger partial charge < -0.3 is 10.2 Å². The Morgan fingerprint density at radius 2 is 1.89 bits per heavy atom. The highest BCUT2D eigenvalue weighted by molar-refractivity contribution is 5.95. The van der Waals surface area contributed by atoms with Crippen LogP contribution in [0.3, 0.4) is 0 Å². The predicted octanol–water partition coefficient (Wildman–Crippen LogP) is 2.72. The zero-order valence-electron chi connectivity index (χ0n) is 15.0. The van der Waals surface area contributed by atoms with Crippen molar-refractivity contribution in [2.45, 2.75) is 20.4 Å². The number of aromatic nitrogens is 2. The topological polar surface area (TPSA) is 99.7 Å². The highest BCUT2D eigenvalue weighted by Crippen LogP contribution is 2.20. The number of nitrogens with zero attached hydrogens (tertiary/aromatic N) is 3. The number of carbonyl (C=O) groups is 1. The maximum absolute atomic E-state index is 12.2. The second kappa shape index (κ2) is 7.74. The molecule has 1 aromatic heterocycles. The number of amides is 1. The summed E-state index contributed by atoms with van der Waals surface area (Å²) in [5, 5.41) is 27.2. The number of hydrogen-bond acceptors (Lipinski definition) is 5. The third-order valence-corrected chi connectivity index (χ3v) is 4.04. The van der Waals surface area contributed by atoms with Crippen LogP contribution >= 0.6 is 0 Å². The molecule has 1 amide bonds. The van der Waals surface area contributed by atoms with Crippen LogP contribution in [0.5, 0.6) is 11.5 Å². The summed E-state index contributed by atoms with van der Waals surface area (Å²) in [6, 6.07) is 13.3. The number of hydrogen-bond donors (Lipinski definition) is 3. The number of carbonyl (C=O) groups excluding carboxylic acids is 1. The first kappa shape index (κ1) is 18.2. The molecule has 1 heterocycles. The Bertz CT molecular complexity index is 991. The fourth-order valence-corrected chi connectivity index (χ4v) is 2.64. The quantitative estimate of drug-likeness (QED) is 0.479. The Balaban J connectivity index is 1.62. The summed E-state index contributed by atoms with van der Waals surface area (Å²) in [7, 11) is 0. The third kappa shape index (κ3) is 4.52. The Kier molecular flexibility index (Phi) is 5.21. The van der Waals surface area contributed by atoms with Gasteiger partial charge in [-0.2, -0.15) is 10.2 Å². The molecular formula is C20H20N4O3. The van der Waals surface area contributed by atoms with Crippen molar-refractivity contribution in [1.29, 1.82) is 0 Å². The predicted molar refractivity (Wildman–Crippen MR) is 102 cm³/mol. The van der Waals surface area contributed by atoms with Crippen LogP contribution < -0.4 is 5.43 Å². The lowest BCUT2D eigenvalue weighted by Crippen LogP contribution is -2.17. The number of phenols is 2. The maximum atomic E-state index is 12.2. The summed E-state index contributed by atoms with van der Waals surface area (Å²) >= 11 is 0. The van der Waals surface area contributed by atoms with Crippen LogP contribution in [-0.2, 0) is 6.54 Å². The van der Waals surface area contributed by atoms with Gasteiger partial charge in [-0.1, -0.05) is 12.1 Å². The van der Waals surface area contributed by atoms with Crippen molar-refractivity contribution in [1.82, 2.24) is 15.2 Å². The summed E-state index contributed by atoms with van der Waals surface area (Å²) in [5.74, 6) is -0.530. The highest BCUT2D eigenvalue weighted by Gasteiger charge is 2.06. The number of aryl methyl sites for hydroxylation is 2. The molecule has 0 aliphatic carbocycles. The van der Waals surface area contributed by atoms with Gasteiger partial charge in [0.2, 0.25) is 0 Å². The first-order valence-electron chi connectivity index (χ1n) is 8.38. The SMILES string of the molecule is Cc1cc(C)n(Cc2ccc(C(=O)N/N=C\c3ccc(O)cc3O)cc2)n1. The lowest BCUT2D eigenvalue weighted by atomic mass is 10.1. The van der Waals surface area contributed by atoms with Crippen LogP contribution in [0.2, 0.25) is 0 Å². The number of rotatable bonds is 5. The molecule has 2 aromatic carbocycles. The fourth-order valence-electron chi connectivity index (χ4n) is 2.64. The van der Waals surface area contributed by atoms with Crippen molar-refractivity contribution in [2.75, 3.05) is 0 Å². The van der Waals surface area contributed by atoms with E-state index in [4.69, 9.17) is 0 Å². The number of nitrogens with one attached hydrogen (secondary N) is 1. The number of phenolic OH excluding ortho intramolecular Hbond substituents is 2. The van der Waals surface area contributed by atoms with Crippen molar-refractivity contribution in [2.24, 2.45) is 5.10 Å². The Labute approximate surface area is 156 Å². The van der Waals surface area contributed by atoms with Gasteiger partial charge >= 0.3 is 0 Å². The molecule has 27 heavy (non-hydrogen) atoms. The smallest absolute Gasteiger partial charge is 0.271 e. The van der Waals surface area contributed by atoms with Crippen molar-refractivity contribution in [3.8, 4) is 11.5 Å². The van der Waals surface area contributed by atoms with Gasteiger partial charge in [0, 0.05) is 22.9 Å². The third-order valence-electron chi connectivity index (χ3n) is 4.04. The minimum absolute atomic E-state index is 0.0470. The molecular weight excluding hydrogens is 344 g/mol. The van der Waals surface area contributed by atoms with E-state index in [2.05, 4.69) is 15.6 Å². The van der Waals surface area contributed by atoms with E-state index in [0.717, 1.165) is 17.0 Å². The highest BCUT2D eigenvalue weighted by atomic mass is 16.3. The van der Waals surface area contributed by atoms with Gasteiger partial charge in [0.15, 0.2) is 0 Å². The van der Waals surface area contributed by atoms with Gasteiger partial charge in [0.25, 0.3) is 5.91 Å². The van der Waals surface area contributed by atoms with E-state index in [1.165, 1.54) is 24.4 Å². The van der Waals surface area contributed by atoms with Crippen molar-refractivity contribution in [3.05, 3.63) is 76.6 Å². The van der Waals surface area contributed by atoms with Gasteiger partial charge in [-0.25, -0.2) is 5.43 Å². The van der Waals surface area contributed by atoms with E-state index >= 15 is 0 Å². The first-order valence-corrected chi connectivity index (χ1v) is 8.38. The van der Waals surface area contributed by atoms with Crippen LogP contribution in [0.4, 0.5) is 0 Å². The molecule has 0 radical (unpaired) electrons. The van der Waals surface area contributed by atoms with E-state index in [1.807, 2.05) is 36.7 Å². The summed E-state index contributed by atoms with van der Waals surface area (Å²) in [5.41, 5.74) is 6.36. The van der Waals surface area contributed by atoms with Gasteiger partial charge in [-0.05, 0) is 49.7 Å². The second-order valence-electron chi connectivity index (χ2n) is 6.22. The number of benzene rings is 2. The summed E-state index contributed by atoms with van der Waals surface area (Å²) in [4.78, 5) is 12.2. The van der Waals surface area contributed by atoms with Gasteiger partial charge in [0.1, 0.15) is 11.5 Å². The molecule has 3 rings (SSSR count). The van der Waals surface area contributed by atoms with Crippen molar-refractivity contribution >= 4 is 12.1 Å². The van der Waals surface area contributed by atoms with Crippen LogP contribution in [0.15, 0.2) is 53.6 Å². The number of hydrazone groups is 1. The van der Waals surface area contributed by atoms with Crippen LogP contribution in [-0.4, -0.2) is 32.1 Å². The normalized spacial score (nSPS) is 11.0. The lowest BCUT2D eigenvalue weighted by molar-refractivity contribution is 0.0955. The largest absolute Gasteiger partial charge is 0.508 e. The van der Waals surface area contributed by atoms with Crippen molar-refractivity contribution in [3.63, 3.8) is 0 Å². The maximum Gasteiger partial charge on any atom is 0.271 e. The van der Waals surface area contributed by atoms with Crippen LogP contribution in [0.25, 0.3) is 0 Å². The van der Waals surface area contributed by atoms with E-state index in [0.29, 0.717) is 17.7 Å². The molecule has 0 atom stereocenters. The number of aromatic hydroxyl groups is 2. The van der Waals surface area contributed by atoms with Gasteiger partial charge in [0.05, 0.1) is 18.5 Å². The molecule has 3 N–H and O–H groups in total. The Hall–Kier alpha value is -3.61. The summed E-state index contributed by atoms with van der Waals surface area (Å²) in [6.45, 7) is 4.60. The molecule has 0 bridgehead atoms. The summed E-state index contributed by atoms with van der Waals surface area (Å²) < 4.78 is 1.92. The zero-order chi connectivity index (χ0) is 19.4.